The molecule has 0 unspecified atom stereocenters. The molecule has 1 N–H and O–H groups in total. The number of hydrogen-bond acceptors (Lipinski definition) is 6. The Morgan fingerprint density at radius 1 is 1.16 bits per heavy atom. The zero-order chi connectivity index (χ0) is 22.3. The van der Waals surface area contributed by atoms with E-state index in [4.69, 9.17) is 11.2 Å². The van der Waals surface area contributed by atoms with Gasteiger partial charge in [0.1, 0.15) is 0 Å². The molecule has 4 rings (SSSR count). The van der Waals surface area contributed by atoms with Crippen LogP contribution < -0.4 is 5.56 Å². The number of thiazole rings is 1. The highest BCUT2D eigenvalue weighted by Crippen LogP contribution is 2.26. The van der Waals surface area contributed by atoms with Gasteiger partial charge in [0.05, 0.1) is 23.7 Å². The second-order valence-electron chi connectivity index (χ2n) is 6.93. The van der Waals surface area contributed by atoms with Crippen molar-refractivity contribution in [2.24, 2.45) is 10.2 Å². The molecule has 2 aromatic heterocycles. The Morgan fingerprint density at radius 3 is 2.72 bits per heavy atom. The molecule has 8 heteroatoms. The zero-order valence-electron chi connectivity index (χ0n) is 17.5. The Morgan fingerprint density at radius 2 is 1.94 bits per heavy atom. The number of rotatable bonds is 8. The summed E-state index contributed by atoms with van der Waals surface area (Å²) in [4.78, 5) is 17.8. The molecule has 7 nitrogen and oxygen atoms in total. The molecule has 0 aliphatic rings. The van der Waals surface area contributed by atoms with E-state index in [0.29, 0.717) is 36.0 Å². The van der Waals surface area contributed by atoms with Crippen LogP contribution in [0.5, 0.6) is 0 Å². The lowest BCUT2D eigenvalue weighted by Gasteiger charge is -2.02. The summed E-state index contributed by atoms with van der Waals surface area (Å²) in [5.74, 6) is 2.60. The van der Waals surface area contributed by atoms with Crippen LogP contribution in [0.15, 0.2) is 75.0 Å². The topological polar surface area (TPSA) is 84.6 Å². The van der Waals surface area contributed by atoms with Crippen LogP contribution >= 0.6 is 11.3 Å². The van der Waals surface area contributed by atoms with E-state index >= 15 is 0 Å². The van der Waals surface area contributed by atoms with E-state index in [2.05, 4.69) is 26.2 Å². The van der Waals surface area contributed by atoms with E-state index in [1.165, 1.54) is 16.0 Å². The summed E-state index contributed by atoms with van der Waals surface area (Å²) in [5, 5.41) is 14.2. The van der Waals surface area contributed by atoms with E-state index in [1.807, 2.05) is 60.0 Å². The van der Waals surface area contributed by atoms with Crippen LogP contribution in [0.1, 0.15) is 17.7 Å². The number of nitrogens with zero attached hydrogens (tertiary/aromatic N) is 4. The second kappa shape index (κ2) is 10.0. The molecule has 0 bridgehead atoms. The van der Waals surface area contributed by atoms with Gasteiger partial charge in [-0.15, -0.1) is 33.9 Å². The lowest BCUT2D eigenvalue weighted by molar-refractivity contribution is 0.185. The van der Waals surface area contributed by atoms with Gasteiger partial charge < -0.3 is 4.74 Å². The molecule has 4 aromatic rings. The van der Waals surface area contributed by atoms with E-state index in [1.54, 1.807) is 7.11 Å². The van der Waals surface area contributed by atoms with E-state index in [9.17, 15) is 4.79 Å². The third-order valence-electron chi connectivity index (χ3n) is 4.76. The molecule has 0 aliphatic heterocycles. The molecule has 0 saturated carbocycles. The minimum absolute atomic E-state index is 0.226. The third kappa shape index (κ3) is 4.59. The average molecular weight is 444 g/mol. The summed E-state index contributed by atoms with van der Waals surface area (Å²) >= 11 is 1.37. The molecule has 160 valence electrons. The minimum atomic E-state index is -0.320. The fourth-order valence-corrected chi connectivity index (χ4v) is 3.97. The van der Waals surface area contributed by atoms with Crippen molar-refractivity contribution in [1.82, 2.24) is 14.8 Å². The maximum atomic E-state index is 13.2. The van der Waals surface area contributed by atoms with Gasteiger partial charge in [-0.25, -0.2) is 4.98 Å². The smallest absolute Gasteiger partial charge is 0.301 e. The van der Waals surface area contributed by atoms with Gasteiger partial charge in [0, 0.05) is 36.5 Å². The molecule has 0 radical (unpaired) electrons. The molecule has 0 amide bonds. The Bertz CT molecular complexity index is 1330. The first-order valence-electron chi connectivity index (χ1n) is 9.98. The molecule has 2 heterocycles. The summed E-state index contributed by atoms with van der Waals surface area (Å²) in [5.41, 5.74) is 3.84. The van der Waals surface area contributed by atoms with Crippen molar-refractivity contribution < 1.29 is 4.74 Å². The number of hydrogen-bond donors (Lipinski definition) is 1. The van der Waals surface area contributed by atoms with Gasteiger partial charge in [0.25, 0.3) is 0 Å². The van der Waals surface area contributed by atoms with Crippen molar-refractivity contribution in [2.45, 2.75) is 19.4 Å². The molecule has 0 aliphatic carbocycles. The Hall–Kier alpha value is -3.80. The van der Waals surface area contributed by atoms with Crippen LogP contribution in [0.25, 0.3) is 16.4 Å². The fraction of sp³-hybridized carbons (Fsp3) is 0.167. The normalized spacial score (nSPS) is 11.1. The van der Waals surface area contributed by atoms with E-state index < -0.39 is 0 Å². The van der Waals surface area contributed by atoms with Crippen molar-refractivity contribution >= 4 is 22.7 Å². The van der Waals surface area contributed by atoms with Gasteiger partial charge in [-0.2, -0.15) is 4.68 Å². The van der Waals surface area contributed by atoms with Gasteiger partial charge in [-0.3, -0.25) is 9.89 Å². The molecule has 2 aromatic carbocycles. The third-order valence-corrected chi connectivity index (χ3v) is 5.59. The van der Waals surface area contributed by atoms with E-state index in [0.717, 1.165) is 16.8 Å². The lowest BCUT2D eigenvalue weighted by atomic mass is 10.2. The number of azo groups is 1. The number of ether oxygens (including phenoxy) is 1. The Labute approximate surface area is 189 Å². The zero-order valence-corrected chi connectivity index (χ0v) is 18.3. The summed E-state index contributed by atoms with van der Waals surface area (Å²) in [6, 6.07) is 17.3. The highest BCUT2D eigenvalue weighted by Gasteiger charge is 2.17. The number of nitrogens with one attached hydrogen (secondary N) is 1. The monoisotopic (exact) mass is 443 g/mol. The predicted molar refractivity (Wildman–Crippen MR) is 126 cm³/mol. The van der Waals surface area contributed by atoms with Gasteiger partial charge in [-0.1, -0.05) is 48.5 Å². The molecule has 0 saturated heterocycles. The highest BCUT2D eigenvalue weighted by molar-refractivity contribution is 7.12. The number of benzene rings is 2. The van der Waals surface area contributed by atoms with Gasteiger partial charge >= 0.3 is 5.56 Å². The number of methoxy groups -OCH3 is 1. The van der Waals surface area contributed by atoms with Crippen molar-refractivity contribution in [3.63, 3.8) is 0 Å². The first-order chi connectivity index (χ1) is 15.7. The SMILES string of the molecule is C#CCCc1[nH]n(-c2nc(-c3ccccc3)cs2)c(=O)c1N=Nc1ccccc1COC. The van der Waals surface area contributed by atoms with Crippen LogP contribution in [0.2, 0.25) is 0 Å². The standard InChI is InChI=1S/C24H21N5O2S/c1-3-4-13-20-22(27-26-19-14-9-8-12-18(19)15-31-2)23(30)29(28-20)24-25-21(16-32-24)17-10-6-5-7-11-17/h1,5-12,14,16,28H,4,13,15H2,2H3. The summed E-state index contributed by atoms with van der Waals surface area (Å²) in [6.07, 6.45) is 6.39. The van der Waals surface area contributed by atoms with Crippen molar-refractivity contribution in [3.8, 4) is 28.7 Å². The molecule has 0 atom stereocenters. The number of aryl methyl sites for hydroxylation is 1. The first kappa shape index (κ1) is 21.4. The predicted octanol–water partition coefficient (Wildman–Crippen LogP) is 5.42. The van der Waals surface area contributed by atoms with Gasteiger partial charge in [0.15, 0.2) is 5.69 Å². The average Bonchev–Trinajstić information content (AvgIpc) is 3.43. The van der Waals surface area contributed by atoms with Crippen LogP contribution in [0.4, 0.5) is 11.4 Å². The molecule has 0 fully saturated rings. The van der Waals surface area contributed by atoms with E-state index in [-0.39, 0.29) is 11.2 Å². The van der Waals surface area contributed by atoms with Crippen LogP contribution in [-0.4, -0.2) is 21.9 Å². The second-order valence-corrected chi connectivity index (χ2v) is 7.76. The molecule has 32 heavy (non-hydrogen) atoms. The number of aromatic nitrogens is 3. The first-order valence-corrected chi connectivity index (χ1v) is 10.9. The Balaban J connectivity index is 1.72. The van der Waals surface area contributed by atoms with Crippen molar-refractivity contribution in [1.29, 1.82) is 0 Å². The van der Waals surface area contributed by atoms with Crippen LogP contribution in [0, 0.1) is 12.3 Å². The fourth-order valence-electron chi connectivity index (χ4n) is 3.18. The minimum Gasteiger partial charge on any atom is -0.380 e. The van der Waals surface area contributed by atoms with Crippen molar-refractivity contribution in [2.75, 3.05) is 7.11 Å². The molecule has 0 spiro atoms. The molecular weight excluding hydrogens is 422 g/mol. The van der Waals surface area contributed by atoms with Crippen LogP contribution in [0.3, 0.4) is 0 Å². The largest absolute Gasteiger partial charge is 0.380 e. The van der Waals surface area contributed by atoms with Gasteiger partial charge in [-0.05, 0) is 6.07 Å². The van der Waals surface area contributed by atoms with Crippen molar-refractivity contribution in [3.05, 3.63) is 81.6 Å². The quantitative estimate of drug-likeness (QED) is 0.292. The highest BCUT2D eigenvalue weighted by atomic mass is 32.1. The van der Waals surface area contributed by atoms with Crippen LogP contribution in [-0.2, 0) is 17.8 Å². The maximum Gasteiger partial charge on any atom is 0.301 e. The lowest BCUT2D eigenvalue weighted by Crippen LogP contribution is -2.13. The summed E-state index contributed by atoms with van der Waals surface area (Å²) in [6.45, 7) is 0.401. The van der Waals surface area contributed by atoms with Gasteiger partial charge in [0.2, 0.25) is 5.13 Å². The number of H-pyrrole nitrogens is 1. The summed E-state index contributed by atoms with van der Waals surface area (Å²) < 4.78 is 6.62. The maximum absolute atomic E-state index is 13.2. The summed E-state index contributed by atoms with van der Waals surface area (Å²) in [7, 11) is 1.62. The molecular formula is C24H21N5O2S. The number of terminal acetylenes is 1. The Kier molecular flexibility index (Phi) is 6.70. The number of aromatic amines is 1.